The molecule has 3 nitrogen and oxygen atoms in total. The Morgan fingerprint density at radius 1 is 1.29 bits per heavy atom. The lowest BCUT2D eigenvalue weighted by Crippen LogP contribution is -2.42. The van der Waals surface area contributed by atoms with Crippen LogP contribution in [0.5, 0.6) is 0 Å². The predicted octanol–water partition coefficient (Wildman–Crippen LogP) is 2.80. The predicted molar refractivity (Wildman–Crippen MR) is 70.0 cm³/mol. The maximum atomic E-state index is 5.12. The number of nitrogens with zero attached hydrogens (tertiary/aromatic N) is 1. The van der Waals surface area contributed by atoms with Gasteiger partial charge in [0.15, 0.2) is 0 Å². The number of hydrogen-bond donors (Lipinski definition) is 1. The normalized spacial score (nSPS) is 21.3. The van der Waals surface area contributed by atoms with Gasteiger partial charge >= 0.3 is 0 Å². The van der Waals surface area contributed by atoms with Gasteiger partial charge in [0, 0.05) is 24.2 Å². The van der Waals surface area contributed by atoms with E-state index in [0.29, 0.717) is 12.1 Å². The van der Waals surface area contributed by atoms with Crippen molar-refractivity contribution < 1.29 is 4.42 Å². The lowest BCUT2D eigenvalue weighted by Gasteiger charge is -2.30. The molecule has 96 valence electrons. The molecule has 17 heavy (non-hydrogen) atoms. The summed E-state index contributed by atoms with van der Waals surface area (Å²) in [6.45, 7) is 8.16. The zero-order chi connectivity index (χ0) is 12.1. The highest BCUT2D eigenvalue weighted by molar-refractivity contribution is 5.10. The maximum Gasteiger partial charge on any atom is 0.0950 e. The zero-order valence-electron chi connectivity index (χ0n) is 11.0. The fraction of sp³-hybridized carbons (Fsp3) is 0.714. The Hall–Kier alpha value is -0.800. The van der Waals surface area contributed by atoms with Gasteiger partial charge in [0.1, 0.15) is 0 Å². The van der Waals surface area contributed by atoms with E-state index in [2.05, 4.69) is 24.1 Å². The Labute approximate surface area is 104 Å². The second kappa shape index (κ2) is 6.22. The van der Waals surface area contributed by atoms with Crippen molar-refractivity contribution in [2.24, 2.45) is 0 Å². The maximum absolute atomic E-state index is 5.12. The van der Waals surface area contributed by atoms with Gasteiger partial charge < -0.3 is 14.6 Å². The molecule has 0 spiro atoms. The molecule has 0 aromatic carbocycles. The van der Waals surface area contributed by atoms with E-state index in [1.807, 2.05) is 12.3 Å². The molecule has 1 N–H and O–H groups in total. The Bertz CT molecular complexity index is 304. The van der Waals surface area contributed by atoms with E-state index in [1.54, 1.807) is 6.26 Å². The minimum absolute atomic E-state index is 0.369. The third kappa shape index (κ3) is 3.86. The molecule has 2 rings (SSSR count). The summed E-state index contributed by atoms with van der Waals surface area (Å²) in [6.07, 6.45) is 7.70. The van der Waals surface area contributed by atoms with Gasteiger partial charge in [-0.2, -0.15) is 0 Å². The van der Waals surface area contributed by atoms with E-state index in [-0.39, 0.29) is 0 Å². The minimum Gasteiger partial charge on any atom is -0.472 e. The standard InChI is InChI=1S/C14H24N2O/c1-12(10-16-7-4-3-5-8-16)15-13(2)14-6-9-17-11-14/h6,9,11-13,15H,3-5,7-8,10H2,1-2H3. The quantitative estimate of drug-likeness (QED) is 0.852. The molecule has 3 heteroatoms. The molecule has 1 saturated heterocycles. The van der Waals surface area contributed by atoms with E-state index in [4.69, 9.17) is 4.42 Å². The molecular weight excluding hydrogens is 212 g/mol. The molecule has 2 heterocycles. The molecule has 0 amide bonds. The first-order valence-corrected chi connectivity index (χ1v) is 6.76. The average Bonchev–Trinajstić information content (AvgIpc) is 2.83. The van der Waals surface area contributed by atoms with Gasteiger partial charge in [0.25, 0.3) is 0 Å². The van der Waals surface area contributed by atoms with Gasteiger partial charge in [-0.15, -0.1) is 0 Å². The van der Waals surface area contributed by atoms with Gasteiger partial charge in [-0.25, -0.2) is 0 Å². The van der Waals surface area contributed by atoms with Crippen molar-refractivity contribution in [2.45, 2.75) is 45.2 Å². The number of piperidine rings is 1. The Balaban J connectivity index is 1.74. The van der Waals surface area contributed by atoms with Crippen LogP contribution in [0.15, 0.2) is 23.0 Å². The first kappa shape index (κ1) is 12.7. The first-order valence-electron chi connectivity index (χ1n) is 6.76. The number of hydrogen-bond acceptors (Lipinski definition) is 3. The molecule has 2 unspecified atom stereocenters. The molecule has 0 radical (unpaired) electrons. The largest absolute Gasteiger partial charge is 0.472 e. The molecular formula is C14H24N2O. The van der Waals surface area contributed by atoms with Crippen LogP contribution < -0.4 is 5.32 Å². The third-order valence-electron chi connectivity index (χ3n) is 3.56. The molecule has 1 fully saturated rings. The van der Waals surface area contributed by atoms with Crippen LogP contribution in [0.2, 0.25) is 0 Å². The number of likely N-dealkylation sites (tertiary alicyclic amines) is 1. The Kier molecular flexibility index (Phi) is 4.63. The fourth-order valence-electron chi connectivity index (χ4n) is 2.63. The van der Waals surface area contributed by atoms with E-state index < -0.39 is 0 Å². The molecule has 2 atom stereocenters. The Morgan fingerprint density at radius 3 is 2.71 bits per heavy atom. The van der Waals surface area contributed by atoms with Gasteiger partial charge in [-0.05, 0) is 45.8 Å². The second-order valence-electron chi connectivity index (χ2n) is 5.21. The van der Waals surface area contributed by atoms with Crippen LogP contribution in [0, 0.1) is 0 Å². The van der Waals surface area contributed by atoms with Crippen LogP contribution >= 0.6 is 0 Å². The highest BCUT2D eigenvalue weighted by atomic mass is 16.3. The van der Waals surface area contributed by atoms with Crippen LogP contribution in [0.4, 0.5) is 0 Å². The monoisotopic (exact) mass is 236 g/mol. The highest BCUT2D eigenvalue weighted by Gasteiger charge is 2.15. The lowest BCUT2D eigenvalue weighted by molar-refractivity contribution is 0.205. The van der Waals surface area contributed by atoms with Crippen molar-refractivity contribution >= 4 is 0 Å². The summed E-state index contributed by atoms with van der Waals surface area (Å²) in [5, 5.41) is 3.63. The van der Waals surface area contributed by atoms with Crippen molar-refractivity contribution in [1.82, 2.24) is 10.2 Å². The molecule has 0 bridgehead atoms. The van der Waals surface area contributed by atoms with Gasteiger partial charge in [-0.1, -0.05) is 6.42 Å². The summed E-state index contributed by atoms with van der Waals surface area (Å²) in [7, 11) is 0. The topological polar surface area (TPSA) is 28.4 Å². The summed E-state index contributed by atoms with van der Waals surface area (Å²) in [4.78, 5) is 2.57. The highest BCUT2D eigenvalue weighted by Crippen LogP contribution is 2.14. The van der Waals surface area contributed by atoms with Crippen molar-refractivity contribution in [2.75, 3.05) is 19.6 Å². The molecule has 0 saturated carbocycles. The summed E-state index contributed by atoms with van der Waals surface area (Å²) < 4.78 is 5.12. The summed E-state index contributed by atoms with van der Waals surface area (Å²) in [6, 6.07) is 2.93. The first-order chi connectivity index (χ1) is 8.25. The Morgan fingerprint density at radius 2 is 2.06 bits per heavy atom. The molecule has 0 aliphatic carbocycles. The fourth-order valence-corrected chi connectivity index (χ4v) is 2.63. The molecule has 1 aromatic rings. The van der Waals surface area contributed by atoms with Gasteiger partial charge in [-0.3, -0.25) is 0 Å². The molecule has 1 aliphatic rings. The second-order valence-corrected chi connectivity index (χ2v) is 5.21. The summed E-state index contributed by atoms with van der Waals surface area (Å²) in [5.74, 6) is 0. The van der Waals surface area contributed by atoms with Crippen molar-refractivity contribution in [3.05, 3.63) is 24.2 Å². The van der Waals surface area contributed by atoms with Crippen LogP contribution in [0.25, 0.3) is 0 Å². The van der Waals surface area contributed by atoms with Crippen LogP contribution in [0.3, 0.4) is 0 Å². The van der Waals surface area contributed by atoms with E-state index in [0.717, 1.165) is 6.54 Å². The summed E-state index contributed by atoms with van der Waals surface area (Å²) in [5.41, 5.74) is 1.23. The van der Waals surface area contributed by atoms with Gasteiger partial charge in [0.2, 0.25) is 0 Å². The van der Waals surface area contributed by atoms with Crippen molar-refractivity contribution in [1.29, 1.82) is 0 Å². The smallest absolute Gasteiger partial charge is 0.0950 e. The SMILES string of the molecule is CC(CN1CCCCC1)NC(C)c1ccoc1. The van der Waals surface area contributed by atoms with Crippen molar-refractivity contribution in [3.8, 4) is 0 Å². The van der Waals surface area contributed by atoms with Crippen LogP contribution in [-0.4, -0.2) is 30.6 Å². The number of furan rings is 1. The van der Waals surface area contributed by atoms with E-state index >= 15 is 0 Å². The molecule has 1 aromatic heterocycles. The minimum atomic E-state index is 0.369. The van der Waals surface area contributed by atoms with Gasteiger partial charge in [0.05, 0.1) is 12.5 Å². The van der Waals surface area contributed by atoms with Crippen LogP contribution in [-0.2, 0) is 0 Å². The van der Waals surface area contributed by atoms with Crippen LogP contribution in [0.1, 0.15) is 44.7 Å². The van der Waals surface area contributed by atoms with Crippen molar-refractivity contribution in [3.63, 3.8) is 0 Å². The van der Waals surface area contributed by atoms with E-state index in [1.165, 1.54) is 37.9 Å². The van der Waals surface area contributed by atoms with E-state index in [9.17, 15) is 0 Å². The molecule has 1 aliphatic heterocycles. The lowest BCUT2D eigenvalue weighted by atomic mass is 10.1. The summed E-state index contributed by atoms with van der Waals surface area (Å²) >= 11 is 0. The average molecular weight is 236 g/mol. The third-order valence-corrected chi connectivity index (χ3v) is 3.56. The zero-order valence-corrected chi connectivity index (χ0v) is 11.0. The number of rotatable bonds is 5. The number of nitrogens with one attached hydrogen (secondary N) is 1.